The summed E-state index contributed by atoms with van der Waals surface area (Å²) in [5, 5.41) is 16.7. The van der Waals surface area contributed by atoms with Gasteiger partial charge in [-0.15, -0.1) is 0 Å². The third-order valence-corrected chi connectivity index (χ3v) is 14.1. The van der Waals surface area contributed by atoms with Crippen LogP contribution in [0, 0.1) is 15.5 Å². The Labute approximate surface area is 375 Å². The maximum absolute atomic E-state index is 13.9. The van der Waals surface area contributed by atoms with E-state index in [4.69, 9.17) is 16.3 Å². The van der Waals surface area contributed by atoms with Crippen LogP contribution < -0.4 is 19.7 Å². The maximum atomic E-state index is 13.9. The summed E-state index contributed by atoms with van der Waals surface area (Å²) < 4.78 is 62.4. The van der Waals surface area contributed by atoms with Crippen LogP contribution in [0.1, 0.15) is 55.5 Å². The molecule has 338 valence electrons. The summed E-state index contributed by atoms with van der Waals surface area (Å²) >= 11 is 6.24. The molecule has 1 aliphatic carbocycles. The predicted molar refractivity (Wildman–Crippen MR) is 244 cm³/mol. The van der Waals surface area contributed by atoms with E-state index in [1.807, 2.05) is 18.2 Å². The number of carbonyl (C=O) groups is 1. The average molecular weight is 917 g/mol. The van der Waals surface area contributed by atoms with Gasteiger partial charge in [-0.3, -0.25) is 24.7 Å². The zero-order chi connectivity index (χ0) is 45.2. The fraction of sp³-hybridized carbons (Fsp3) is 0.391. The number of sulfonamides is 1. The molecule has 3 aliphatic rings. The fourth-order valence-electron chi connectivity index (χ4n) is 8.86. The van der Waals surface area contributed by atoms with Crippen molar-refractivity contribution in [3.63, 3.8) is 0 Å². The largest absolute Gasteiger partial charge is 0.455 e. The molecule has 1 atom stereocenters. The Bertz CT molecular complexity index is 2670. The molecule has 0 unspecified atom stereocenters. The van der Waals surface area contributed by atoms with Crippen LogP contribution in [0.5, 0.6) is 11.5 Å². The summed E-state index contributed by atoms with van der Waals surface area (Å²) in [4.78, 5) is 38.6. The Hall–Kier alpha value is -5.62. The van der Waals surface area contributed by atoms with Gasteiger partial charge in [-0.25, -0.2) is 26.9 Å². The molecule has 5 aromatic rings. The molecule has 3 N–H and O–H groups in total. The number of nitro benzene ring substituents is 1. The number of fused-ring (bicyclic) bond motifs is 1. The number of amides is 1. The number of allylic oxidation sites excluding steroid dienone is 1. The number of ether oxygens (including phenoxy) is 1. The van der Waals surface area contributed by atoms with Crippen LogP contribution in [0.2, 0.25) is 5.02 Å². The summed E-state index contributed by atoms with van der Waals surface area (Å²) in [6.07, 6.45) is 6.86. The number of alkyl halides is 2. The maximum Gasteiger partial charge on any atom is 0.293 e. The number of likely N-dealkylation sites (tertiary alicyclic amines) is 1. The lowest BCUT2D eigenvalue weighted by Gasteiger charge is -2.39. The Morgan fingerprint density at radius 2 is 1.80 bits per heavy atom. The van der Waals surface area contributed by atoms with Crippen molar-refractivity contribution in [1.82, 2.24) is 24.5 Å². The predicted octanol–water partition coefficient (Wildman–Crippen LogP) is 8.62. The highest BCUT2D eigenvalue weighted by molar-refractivity contribution is 7.90. The van der Waals surface area contributed by atoms with Crippen molar-refractivity contribution in [2.75, 3.05) is 69.4 Å². The summed E-state index contributed by atoms with van der Waals surface area (Å²) in [5.74, 6) is -0.597. The normalized spacial score (nSPS) is 18.5. The number of rotatable bonds is 15. The molecule has 2 fully saturated rings. The zero-order valence-corrected chi connectivity index (χ0v) is 37.2. The molecule has 18 heteroatoms. The summed E-state index contributed by atoms with van der Waals surface area (Å²) in [6, 6.07) is 18.7. The number of nitrogens with one attached hydrogen (secondary N) is 3. The van der Waals surface area contributed by atoms with E-state index < -0.39 is 50.8 Å². The van der Waals surface area contributed by atoms with E-state index in [1.54, 1.807) is 29.3 Å². The van der Waals surface area contributed by atoms with E-state index in [0.29, 0.717) is 42.5 Å². The van der Waals surface area contributed by atoms with Crippen molar-refractivity contribution in [1.29, 1.82) is 0 Å². The monoisotopic (exact) mass is 916 g/mol. The highest BCUT2D eigenvalue weighted by Gasteiger charge is 2.32. The molecular formula is C46H51ClF2N8O6S. The molecule has 2 aliphatic heterocycles. The topological polar surface area (TPSA) is 166 Å². The number of halogens is 3. The molecule has 1 amide bonds. The number of pyridine rings is 1. The second-order valence-corrected chi connectivity index (χ2v) is 19.6. The van der Waals surface area contributed by atoms with E-state index >= 15 is 0 Å². The Morgan fingerprint density at radius 3 is 2.53 bits per heavy atom. The molecule has 64 heavy (non-hydrogen) atoms. The lowest BCUT2D eigenvalue weighted by molar-refractivity contribution is -0.384. The number of carbonyl (C=O) groups excluding carboxylic acids is 1. The first-order valence-corrected chi connectivity index (χ1v) is 23.2. The van der Waals surface area contributed by atoms with Crippen LogP contribution in [-0.4, -0.2) is 110 Å². The van der Waals surface area contributed by atoms with Gasteiger partial charge in [-0.2, -0.15) is 0 Å². The average Bonchev–Trinajstić information content (AvgIpc) is 3.95. The quantitative estimate of drug-likeness (QED) is 0.0680. The van der Waals surface area contributed by atoms with Gasteiger partial charge in [0.15, 0.2) is 0 Å². The van der Waals surface area contributed by atoms with Gasteiger partial charge in [-0.05, 0) is 90.8 Å². The van der Waals surface area contributed by atoms with Gasteiger partial charge in [0.2, 0.25) is 0 Å². The highest BCUT2D eigenvalue weighted by Crippen LogP contribution is 2.43. The minimum atomic E-state index is -4.65. The molecule has 2 saturated heterocycles. The molecule has 3 aromatic carbocycles. The van der Waals surface area contributed by atoms with E-state index in [1.165, 1.54) is 35.0 Å². The van der Waals surface area contributed by atoms with Crippen molar-refractivity contribution in [3.05, 3.63) is 117 Å². The van der Waals surface area contributed by atoms with E-state index in [9.17, 15) is 32.1 Å². The number of hydrogen-bond donors (Lipinski definition) is 3. The van der Waals surface area contributed by atoms with Gasteiger partial charge in [0.05, 0.1) is 27.6 Å². The van der Waals surface area contributed by atoms with Crippen molar-refractivity contribution < 1.29 is 31.7 Å². The van der Waals surface area contributed by atoms with Gasteiger partial charge in [-0.1, -0.05) is 43.2 Å². The molecule has 8 rings (SSSR count). The Kier molecular flexibility index (Phi) is 13.2. The first-order valence-electron chi connectivity index (χ1n) is 21.4. The van der Waals surface area contributed by atoms with E-state index in [0.717, 1.165) is 62.1 Å². The second kappa shape index (κ2) is 18.8. The lowest BCUT2D eigenvalue weighted by atomic mass is 9.72. The summed E-state index contributed by atoms with van der Waals surface area (Å²) in [5.41, 5.74) is 5.10. The standard InChI is InChI=1S/C46H51ClF2N8O6S/c1-46(2)14-11-32(40(24-46)30-3-5-33(47)6-4-30)28-54-17-19-55(20-18-54)35-7-9-39(43(22-35)63-37-21-31-12-15-50-44(31)51-27-37)45(58)53-64(61,62)38-8-10-41(42(23-38)57(59)60)52-34-13-16-56(29-34)36(25-48)26-49/h3-10,12,15,21-23,27,34,36,52H,11,13-14,16-20,24-26,28-29H2,1-2H3,(H,50,51)(H,53,58)/t34-/m1/s1. The molecular weight excluding hydrogens is 866 g/mol. The number of piperazine rings is 1. The van der Waals surface area contributed by atoms with Crippen molar-refractivity contribution in [3.8, 4) is 11.5 Å². The number of H-pyrrole nitrogens is 1. The zero-order valence-electron chi connectivity index (χ0n) is 35.7. The van der Waals surface area contributed by atoms with Crippen LogP contribution in [0.15, 0.2) is 95.7 Å². The first kappa shape index (κ1) is 45.0. The molecule has 0 bridgehead atoms. The molecule has 14 nitrogen and oxygen atoms in total. The van der Waals surface area contributed by atoms with Crippen LogP contribution in [0.4, 0.5) is 25.8 Å². The Morgan fingerprint density at radius 1 is 1.03 bits per heavy atom. The molecule has 4 heterocycles. The third kappa shape index (κ3) is 10.2. The summed E-state index contributed by atoms with van der Waals surface area (Å²) in [7, 11) is -4.65. The van der Waals surface area contributed by atoms with Gasteiger partial charge in [0.25, 0.3) is 21.6 Å². The number of hydrogen-bond acceptors (Lipinski definition) is 11. The van der Waals surface area contributed by atoms with E-state index in [2.05, 4.69) is 55.8 Å². The van der Waals surface area contributed by atoms with E-state index in [-0.39, 0.29) is 35.0 Å². The molecule has 0 radical (unpaired) electrons. The Balaban J connectivity index is 0.998. The van der Waals surface area contributed by atoms with Crippen molar-refractivity contribution in [2.45, 2.75) is 56.5 Å². The lowest BCUT2D eigenvalue weighted by Crippen LogP contribution is -2.47. The van der Waals surface area contributed by atoms with Crippen LogP contribution in [0.25, 0.3) is 16.6 Å². The molecule has 0 spiro atoms. The number of anilines is 2. The van der Waals surface area contributed by atoms with Gasteiger partial charge < -0.3 is 19.9 Å². The smallest absolute Gasteiger partial charge is 0.293 e. The van der Waals surface area contributed by atoms with Crippen LogP contribution in [0.3, 0.4) is 0 Å². The van der Waals surface area contributed by atoms with Crippen LogP contribution >= 0.6 is 11.6 Å². The second-order valence-electron chi connectivity index (χ2n) is 17.5. The SMILES string of the molecule is CC1(C)CCC(CN2CCN(c3ccc(C(=O)NS(=O)(=O)c4ccc(N[C@@H]5CCN(C(CF)CF)C5)c([N+](=O)[O-])c4)c(Oc4cnc5[nH]ccc5c4)c3)CC2)=C(c2ccc(Cl)cc2)C1. The first-order chi connectivity index (χ1) is 30.7. The van der Waals surface area contributed by atoms with Gasteiger partial charge in [0, 0.05) is 86.3 Å². The van der Waals surface area contributed by atoms with Crippen molar-refractivity contribution in [2.24, 2.45) is 5.41 Å². The fourth-order valence-corrected chi connectivity index (χ4v) is 9.97. The minimum Gasteiger partial charge on any atom is -0.455 e. The number of benzene rings is 3. The van der Waals surface area contributed by atoms with Crippen LogP contribution in [-0.2, 0) is 10.0 Å². The number of nitro groups is 1. The molecule has 0 saturated carbocycles. The number of aromatic amines is 1. The van der Waals surface area contributed by atoms with Gasteiger partial charge >= 0.3 is 0 Å². The summed E-state index contributed by atoms with van der Waals surface area (Å²) in [6.45, 7) is 7.43. The highest BCUT2D eigenvalue weighted by atomic mass is 35.5. The third-order valence-electron chi connectivity index (χ3n) is 12.5. The molecule has 2 aromatic heterocycles. The minimum absolute atomic E-state index is 0.0390. The van der Waals surface area contributed by atoms with Crippen molar-refractivity contribution >= 4 is 61.2 Å². The van der Waals surface area contributed by atoms with Gasteiger partial charge in [0.1, 0.15) is 36.2 Å². The number of aromatic nitrogens is 2. The number of nitrogens with zero attached hydrogens (tertiary/aromatic N) is 5.